The molecule has 0 saturated heterocycles. The largest absolute Gasteiger partial charge is 0.397 e. The molecule has 76 valence electrons. The maximum Gasteiger partial charge on any atom is 0.146 e. The zero-order valence-electron chi connectivity index (χ0n) is 7.94. The maximum atomic E-state index is 13.2. The van der Waals surface area contributed by atoms with Crippen LogP contribution in [-0.4, -0.2) is 4.98 Å². The number of nitrogens with one attached hydrogen (secondary N) is 1. The van der Waals surface area contributed by atoms with Crippen LogP contribution in [0.4, 0.5) is 21.6 Å². The Bertz CT molecular complexity index is 454. The van der Waals surface area contributed by atoms with Gasteiger partial charge in [-0.1, -0.05) is 12.1 Å². The fraction of sp³-hybridized carbons (Fsp3) is 0. The van der Waals surface area contributed by atoms with Crippen LogP contribution in [0.1, 0.15) is 0 Å². The van der Waals surface area contributed by atoms with Gasteiger partial charge in [-0.2, -0.15) is 0 Å². The molecule has 0 aliphatic carbocycles. The number of hydrogen-bond acceptors (Lipinski definition) is 3. The number of nitrogen functional groups attached to an aromatic ring is 1. The van der Waals surface area contributed by atoms with E-state index in [-0.39, 0.29) is 5.82 Å². The number of hydrogen-bond donors (Lipinski definition) is 2. The molecule has 0 spiro atoms. The van der Waals surface area contributed by atoms with E-state index in [1.165, 1.54) is 12.3 Å². The first-order valence-corrected chi connectivity index (χ1v) is 4.49. The minimum absolute atomic E-state index is 0.309. The van der Waals surface area contributed by atoms with Crippen LogP contribution in [-0.2, 0) is 0 Å². The van der Waals surface area contributed by atoms with Gasteiger partial charge in [0, 0.05) is 0 Å². The van der Waals surface area contributed by atoms with Crippen molar-refractivity contribution in [1.82, 2.24) is 4.98 Å². The Morgan fingerprint density at radius 2 is 1.93 bits per heavy atom. The number of para-hydroxylation sites is 1. The monoisotopic (exact) mass is 203 g/mol. The van der Waals surface area contributed by atoms with Gasteiger partial charge in [0.25, 0.3) is 0 Å². The SMILES string of the molecule is Nc1ccc(Nc2ccccc2F)nc1. The van der Waals surface area contributed by atoms with E-state index in [4.69, 9.17) is 5.73 Å². The Morgan fingerprint density at radius 1 is 1.13 bits per heavy atom. The number of nitrogens with two attached hydrogens (primary N) is 1. The summed E-state index contributed by atoms with van der Waals surface area (Å²) in [6.07, 6.45) is 1.52. The van der Waals surface area contributed by atoms with Crippen molar-refractivity contribution in [2.24, 2.45) is 0 Å². The summed E-state index contributed by atoms with van der Waals surface area (Å²) in [6.45, 7) is 0. The molecular weight excluding hydrogens is 193 g/mol. The molecule has 0 saturated carbocycles. The smallest absolute Gasteiger partial charge is 0.146 e. The molecule has 1 aromatic heterocycles. The molecule has 15 heavy (non-hydrogen) atoms. The molecular formula is C11H10FN3. The highest BCUT2D eigenvalue weighted by Gasteiger charge is 2.00. The summed E-state index contributed by atoms with van der Waals surface area (Å²) in [4.78, 5) is 4.01. The molecule has 0 aliphatic rings. The second-order valence-electron chi connectivity index (χ2n) is 3.08. The third-order valence-corrected chi connectivity index (χ3v) is 1.92. The van der Waals surface area contributed by atoms with Crippen LogP contribution >= 0.6 is 0 Å². The summed E-state index contributed by atoms with van der Waals surface area (Å²) in [6, 6.07) is 9.82. The highest BCUT2D eigenvalue weighted by atomic mass is 19.1. The minimum Gasteiger partial charge on any atom is -0.397 e. The number of nitrogens with zero attached hydrogens (tertiary/aromatic N) is 1. The first-order valence-electron chi connectivity index (χ1n) is 4.49. The van der Waals surface area contributed by atoms with Gasteiger partial charge >= 0.3 is 0 Å². The molecule has 1 heterocycles. The third kappa shape index (κ3) is 2.22. The van der Waals surface area contributed by atoms with E-state index in [1.54, 1.807) is 30.3 Å². The molecule has 2 rings (SSSR count). The van der Waals surface area contributed by atoms with Gasteiger partial charge in [0.2, 0.25) is 0 Å². The summed E-state index contributed by atoms with van der Waals surface area (Å²) in [5.41, 5.74) is 6.46. The average Bonchev–Trinajstić information content (AvgIpc) is 2.25. The zero-order valence-corrected chi connectivity index (χ0v) is 7.94. The van der Waals surface area contributed by atoms with Crippen LogP contribution in [0.25, 0.3) is 0 Å². The normalized spacial score (nSPS) is 9.93. The molecule has 0 bridgehead atoms. The second kappa shape index (κ2) is 3.96. The van der Waals surface area contributed by atoms with Crippen molar-refractivity contribution in [3.63, 3.8) is 0 Å². The predicted molar refractivity (Wildman–Crippen MR) is 58.3 cm³/mol. The molecule has 1 aromatic carbocycles. The van der Waals surface area contributed by atoms with E-state index >= 15 is 0 Å². The van der Waals surface area contributed by atoms with Crippen LogP contribution in [0.15, 0.2) is 42.6 Å². The van der Waals surface area contributed by atoms with E-state index in [9.17, 15) is 4.39 Å². The molecule has 0 aliphatic heterocycles. The molecule has 2 aromatic rings. The Kier molecular flexibility index (Phi) is 2.49. The van der Waals surface area contributed by atoms with Crippen LogP contribution < -0.4 is 11.1 Å². The minimum atomic E-state index is -0.309. The summed E-state index contributed by atoms with van der Waals surface area (Å²) < 4.78 is 13.2. The van der Waals surface area contributed by atoms with Crippen molar-refractivity contribution in [3.05, 3.63) is 48.4 Å². The van der Waals surface area contributed by atoms with E-state index in [1.807, 2.05) is 0 Å². The Morgan fingerprint density at radius 3 is 2.60 bits per heavy atom. The van der Waals surface area contributed by atoms with Gasteiger partial charge in [0.1, 0.15) is 11.6 Å². The van der Waals surface area contributed by atoms with Gasteiger partial charge in [-0.25, -0.2) is 9.37 Å². The van der Waals surface area contributed by atoms with Crippen LogP contribution in [0.2, 0.25) is 0 Å². The van der Waals surface area contributed by atoms with Gasteiger partial charge < -0.3 is 11.1 Å². The molecule has 3 nitrogen and oxygen atoms in total. The van der Waals surface area contributed by atoms with Crippen molar-refractivity contribution in [2.45, 2.75) is 0 Å². The number of rotatable bonds is 2. The molecule has 4 heteroatoms. The lowest BCUT2D eigenvalue weighted by molar-refractivity contribution is 0.632. The van der Waals surface area contributed by atoms with Crippen LogP contribution in [0, 0.1) is 5.82 Å². The third-order valence-electron chi connectivity index (χ3n) is 1.92. The van der Waals surface area contributed by atoms with Crippen LogP contribution in [0.3, 0.4) is 0 Å². The highest BCUT2D eigenvalue weighted by molar-refractivity contribution is 5.57. The molecule has 0 radical (unpaired) electrons. The lowest BCUT2D eigenvalue weighted by atomic mass is 10.3. The fourth-order valence-corrected chi connectivity index (χ4v) is 1.18. The van der Waals surface area contributed by atoms with E-state index in [0.29, 0.717) is 17.2 Å². The Hall–Kier alpha value is -2.10. The van der Waals surface area contributed by atoms with Crippen molar-refractivity contribution in [3.8, 4) is 0 Å². The topological polar surface area (TPSA) is 50.9 Å². The average molecular weight is 203 g/mol. The molecule has 0 unspecified atom stereocenters. The number of anilines is 3. The molecule has 0 amide bonds. The molecule has 0 fully saturated rings. The Balaban J connectivity index is 2.22. The predicted octanol–water partition coefficient (Wildman–Crippen LogP) is 2.55. The van der Waals surface area contributed by atoms with E-state index < -0.39 is 0 Å². The summed E-state index contributed by atoms with van der Waals surface area (Å²) in [5.74, 6) is 0.255. The van der Waals surface area contributed by atoms with Gasteiger partial charge in [-0.15, -0.1) is 0 Å². The lowest BCUT2D eigenvalue weighted by Gasteiger charge is -2.05. The molecule has 3 N–H and O–H groups in total. The Labute approximate surface area is 86.8 Å². The maximum absolute atomic E-state index is 13.2. The van der Waals surface area contributed by atoms with Gasteiger partial charge in [-0.05, 0) is 24.3 Å². The first-order chi connectivity index (χ1) is 7.25. The number of benzene rings is 1. The summed E-state index contributed by atoms with van der Waals surface area (Å²) in [7, 11) is 0. The summed E-state index contributed by atoms with van der Waals surface area (Å²) >= 11 is 0. The quantitative estimate of drug-likeness (QED) is 0.788. The highest BCUT2D eigenvalue weighted by Crippen LogP contribution is 2.17. The van der Waals surface area contributed by atoms with Crippen molar-refractivity contribution >= 4 is 17.2 Å². The standard InChI is InChI=1S/C11H10FN3/c12-9-3-1-2-4-10(9)15-11-6-5-8(13)7-14-11/h1-7H,13H2,(H,14,15). The number of halogens is 1. The fourth-order valence-electron chi connectivity index (χ4n) is 1.18. The van der Waals surface area contributed by atoms with Crippen molar-refractivity contribution in [2.75, 3.05) is 11.1 Å². The van der Waals surface area contributed by atoms with Crippen LogP contribution in [0.5, 0.6) is 0 Å². The number of aromatic nitrogens is 1. The second-order valence-corrected chi connectivity index (χ2v) is 3.08. The van der Waals surface area contributed by atoms with Gasteiger partial charge in [0.05, 0.1) is 17.6 Å². The lowest BCUT2D eigenvalue weighted by Crippen LogP contribution is -1.96. The zero-order chi connectivity index (χ0) is 10.7. The van der Waals surface area contributed by atoms with Crippen molar-refractivity contribution < 1.29 is 4.39 Å². The van der Waals surface area contributed by atoms with Gasteiger partial charge in [0.15, 0.2) is 0 Å². The summed E-state index contributed by atoms with van der Waals surface area (Å²) in [5, 5.41) is 2.86. The van der Waals surface area contributed by atoms with Crippen molar-refractivity contribution in [1.29, 1.82) is 0 Å². The first kappa shape index (κ1) is 9.45. The number of pyridine rings is 1. The van der Waals surface area contributed by atoms with Gasteiger partial charge in [-0.3, -0.25) is 0 Å². The van der Waals surface area contributed by atoms with E-state index in [0.717, 1.165) is 0 Å². The molecule has 0 atom stereocenters. The van der Waals surface area contributed by atoms with E-state index in [2.05, 4.69) is 10.3 Å².